The van der Waals surface area contributed by atoms with E-state index >= 15 is 0 Å². The highest BCUT2D eigenvalue weighted by atomic mass is 16.5. The van der Waals surface area contributed by atoms with Crippen LogP contribution in [-0.2, 0) is 0 Å². The van der Waals surface area contributed by atoms with Gasteiger partial charge in [0.15, 0.2) is 0 Å². The van der Waals surface area contributed by atoms with Crippen molar-refractivity contribution < 1.29 is 4.74 Å². The Labute approximate surface area is 78.0 Å². The van der Waals surface area contributed by atoms with E-state index in [1.807, 2.05) is 6.07 Å². The van der Waals surface area contributed by atoms with Gasteiger partial charge in [-0.3, -0.25) is 0 Å². The minimum Gasteiger partial charge on any atom is -0.485 e. The summed E-state index contributed by atoms with van der Waals surface area (Å²) in [4.78, 5) is 0. The number of hydrogen-bond acceptors (Lipinski definition) is 1. The summed E-state index contributed by atoms with van der Waals surface area (Å²) in [5, 5.41) is 0. The van der Waals surface area contributed by atoms with Gasteiger partial charge in [-0.15, -0.1) is 0 Å². The molecule has 1 aromatic carbocycles. The topological polar surface area (TPSA) is 9.23 Å². The van der Waals surface area contributed by atoms with Crippen LogP contribution in [0.4, 0.5) is 0 Å². The van der Waals surface area contributed by atoms with Crippen molar-refractivity contribution in [2.75, 3.05) is 0 Å². The second-order valence-corrected chi connectivity index (χ2v) is 3.73. The molecule has 0 bridgehead atoms. The van der Waals surface area contributed by atoms with Gasteiger partial charge < -0.3 is 4.74 Å². The predicted octanol–water partition coefficient (Wildman–Crippen LogP) is 2.88. The van der Waals surface area contributed by atoms with E-state index < -0.39 is 0 Å². The molecule has 1 heterocycles. The number of rotatable bonds is 0. The zero-order valence-electron chi connectivity index (χ0n) is 7.44. The maximum absolute atomic E-state index is 5.82. The number of allylic oxidation sites excluding steroid dienone is 1. The van der Waals surface area contributed by atoms with Crippen molar-refractivity contribution in [3.05, 3.63) is 42.0 Å². The van der Waals surface area contributed by atoms with Crippen molar-refractivity contribution in [3.63, 3.8) is 0 Å². The van der Waals surface area contributed by atoms with E-state index in [0.29, 0.717) is 12.0 Å². The molecule has 0 spiro atoms. The molecule has 0 saturated heterocycles. The normalized spacial score (nSPS) is 29.2. The number of fused-ring (bicyclic) bond motifs is 3. The first-order valence-electron chi connectivity index (χ1n) is 4.87. The van der Waals surface area contributed by atoms with E-state index in [4.69, 9.17) is 4.74 Å². The smallest absolute Gasteiger partial charge is 0.124 e. The molecule has 2 atom stereocenters. The van der Waals surface area contributed by atoms with Crippen molar-refractivity contribution in [1.82, 2.24) is 0 Å². The molecular weight excluding hydrogens is 160 g/mol. The fourth-order valence-corrected chi connectivity index (χ4v) is 2.30. The van der Waals surface area contributed by atoms with Gasteiger partial charge in [-0.1, -0.05) is 24.3 Å². The Kier molecular flexibility index (Phi) is 1.45. The molecule has 0 N–H and O–H groups in total. The van der Waals surface area contributed by atoms with Crippen molar-refractivity contribution in [3.8, 4) is 5.75 Å². The molecule has 1 aliphatic heterocycles. The Balaban J connectivity index is 2.07. The average molecular weight is 172 g/mol. The molecule has 2 unspecified atom stereocenters. The Hall–Kier alpha value is -1.24. The van der Waals surface area contributed by atoms with Gasteiger partial charge in [0.05, 0.1) is 0 Å². The summed E-state index contributed by atoms with van der Waals surface area (Å²) in [5.41, 5.74) is 1.40. The van der Waals surface area contributed by atoms with Crippen LogP contribution in [0.1, 0.15) is 24.3 Å². The van der Waals surface area contributed by atoms with Gasteiger partial charge in [0, 0.05) is 11.5 Å². The third-order valence-corrected chi connectivity index (χ3v) is 2.95. The summed E-state index contributed by atoms with van der Waals surface area (Å²) in [6, 6.07) is 8.41. The van der Waals surface area contributed by atoms with Gasteiger partial charge in [0.25, 0.3) is 0 Å². The van der Waals surface area contributed by atoms with Crippen molar-refractivity contribution in [2.45, 2.75) is 24.9 Å². The van der Waals surface area contributed by atoms with Gasteiger partial charge in [0.1, 0.15) is 11.9 Å². The lowest BCUT2D eigenvalue weighted by molar-refractivity contribution is 0.244. The SMILES string of the molecule is C1=CC2Oc3ccccc3C2CC1. The van der Waals surface area contributed by atoms with E-state index in [-0.39, 0.29) is 0 Å². The monoisotopic (exact) mass is 172 g/mol. The molecule has 2 aliphatic rings. The van der Waals surface area contributed by atoms with Crippen molar-refractivity contribution >= 4 is 0 Å². The second kappa shape index (κ2) is 2.63. The molecule has 66 valence electrons. The van der Waals surface area contributed by atoms with E-state index in [2.05, 4.69) is 30.4 Å². The largest absolute Gasteiger partial charge is 0.485 e. The molecular formula is C12H12O. The summed E-state index contributed by atoms with van der Waals surface area (Å²) in [5.74, 6) is 1.70. The summed E-state index contributed by atoms with van der Waals surface area (Å²) in [6.45, 7) is 0. The molecule has 3 rings (SSSR count). The fourth-order valence-electron chi connectivity index (χ4n) is 2.30. The van der Waals surface area contributed by atoms with Crippen LogP contribution < -0.4 is 4.74 Å². The van der Waals surface area contributed by atoms with E-state index in [9.17, 15) is 0 Å². The molecule has 0 saturated carbocycles. The Morgan fingerprint density at radius 1 is 1.23 bits per heavy atom. The highest BCUT2D eigenvalue weighted by molar-refractivity contribution is 5.42. The zero-order chi connectivity index (χ0) is 8.67. The Morgan fingerprint density at radius 2 is 2.15 bits per heavy atom. The molecule has 13 heavy (non-hydrogen) atoms. The van der Waals surface area contributed by atoms with Crippen LogP contribution in [0.3, 0.4) is 0 Å². The maximum atomic E-state index is 5.82. The minimum atomic E-state index is 0.311. The maximum Gasteiger partial charge on any atom is 0.124 e. The summed E-state index contributed by atoms with van der Waals surface area (Å²) in [6.07, 6.45) is 7.17. The Bertz CT molecular complexity index is 354. The van der Waals surface area contributed by atoms with Crippen LogP contribution in [0.25, 0.3) is 0 Å². The first-order valence-corrected chi connectivity index (χ1v) is 4.87. The minimum absolute atomic E-state index is 0.311. The lowest BCUT2D eigenvalue weighted by Gasteiger charge is -2.18. The van der Waals surface area contributed by atoms with Gasteiger partial charge in [0.2, 0.25) is 0 Å². The summed E-state index contributed by atoms with van der Waals surface area (Å²) < 4.78 is 5.82. The molecule has 0 fully saturated rings. The summed E-state index contributed by atoms with van der Waals surface area (Å²) in [7, 11) is 0. The van der Waals surface area contributed by atoms with Gasteiger partial charge >= 0.3 is 0 Å². The van der Waals surface area contributed by atoms with Crippen LogP contribution in [0, 0.1) is 0 Å². The first-order chi connectivity index (χ1) is 6.45. The van der Waals surface area contributed by atoms with Crippen LogP contribution in [0.5, 0.6) is 5.75 Å². The van der Waals surface area contributed by atoms with Crippen LogP contribution in [0.2, 0.25) is 0 Å². The van der Waals surface area contributed by atoms with Crippen molar-refractivity contribution in [1.29, 1.82) is 0 Å². The zero-order valence-corrected chi connectivity index (χ0v) is 7.44. The van der Waals surface area contributed by atoms with Gasteiger partial charge in [-0.2, -0.15) is 0 Å². The lowest BCUT2D eigenvalue weighted by Crippen LogP contribution is -2.18. The highest BCUT2D eigenvalue weighted by Crippen LogP contribution is 2.42. The predicted molar refractivity (Wildman–Crippen MR) is 52.0 cm³/mol. The van der Waals surface area contributed by atoms with Gasteiger partial charge in [-0.05, 0) is 25.0 Å². The standard InChI is InChI=1S/C12H12O/c1-3-7-11-9(5-1)10-6-2-4-8-12(10)13-11/h1,3-5,7-8,10,12H,2,6H2. The third-order valence-electron chi connectivity index (χ3n) is 2.95. The van der Waals surface area contributed by atoms with Crippen molar-refractivity contribution in [2.24, 2.45) is 0 Å². The Morgan fingerprint density at radius 3 is 3.15 bits per heavy atom. The first kappa shape index (κ1) is 7.19. The number of ether oxygens (including phenoxy) is 1. The number of hydrogen-bond donors (Lipinski definition) is 0. The molecule has 1 aliphatic carbocycles. The quantitative estimate of drug-likeness (QED) is 0.547. The van der Waals surface area contributed by atoms with Crippen LogP contribution >= 0.6 is 0 Å². The highest BCUT2D eigenvalue weighted by Gasteiger charge is 2.33. The van der Waals surface area contributed by atoms with Crippen LogP contribution in [0.15, 0.2) is 36.4 Å². The van der Waals surface area contributed by atoms with E-state index in [0.717, 1.165) is 5.75 Å². The van der Waals surface area contributed by atoms with Gasteiger partial charge in [-0.25, -0.2) is 0 Å². The third kappa shape index (κ3) is 0.998. The second-order valence-electron chi connectivity index (χ2n) is 3.73. The molecule has 1 heteroatoms. The van der Waals surface area contributed by atoms with E-state index in [1.165, 1.54) is 18.4 Å². The molecule has 1 aromatic rings. The molecule has 0 radical (unpaired) electrons. The lowest BCUT2D eigenvalue weighted by atomic mass is 9.87. The molecule has 1 nitrogen and oxygen atoms in total. The number of benzene rings is 1. The molecule has 0 aromatic heterocycles. The van der Waals surface area contributed by atoms with E-state index in [1.54, 1.807) is 0 Å². The average Bonchev–Trinajstić information content (AvgIpc) is 2.56. The molecule has 0 amide bonds. The summed E-state index contributed by atoms with van der Waals surface area (Å²) >= 11 is 0. The number of para-hydroxylation sites is 1. The fraction of sp³-hybridized carbons (Fsp3) is 0.333. The van der Waals surface area contributed by atoms with Crippen LogP contribution in [-0.4, -0.2) is 6.10 Å².